The summed E-state index contributed by atoms with van der Waals surface area (Å²) in [4.78, 5) is 12.3. The van der Waals surface area contributed by atoms with Gasteiger partial charge in [0.2, 0.25) is 0 Å². The maximum atomic E-state index is 12.8. The van der Waals surface area contributed by atoms with E-state index in [1.54, 1.807) is 36.4 Å². The minimum absolute atomic E-state index is 0.0214. The zero-order valence-corrected chi connectivity index (χ0v) is 17.8. The second kappa shape index (κ2) is 9.06. The summed E-state index contributed by atoms with van der Waals surface area (Å²) in [5.74, 6) is 0.477. The zero-order chi connectivity index (χ0) is 21.7. The van der Waals surface area contributed by atoms with E-state index in [0.29, 0.717) is 27.8 Å². The molecule has 30 heavy (non-hydrogen) atoms. The van der Waals surface area contributed by atoms with Gasteiger partial charge in [0.25, 0.3) is 15.9 Å². The predicted molar refractivity (Wildman–Crippen MR) is 116 cm³/mol. The summed E-state index contributed by atoms with van der Waals surface area (Å²) in [5.41, 5.74) is 1.08. The molecular weight excluding hydrogens is 428 g/mol. The van der Waals surface area contributed by atoms with Crippen molar-refractivity contribution in [1.82, 2.24) is 0 Å². The zero-order valence-electron chi connectivity index (χ0n) is 16.2. The molecule has 1 amide bonds. The lowest BCUT2D eigenvalue weighted by atomic mass is 10.2. The predicted octanol–water partition coefficient (Wildman–Crippen LogP) is 4.41. The minimum atomic E-state index is -3.89. The molecule has 7 nitrogen and oxygen atoms in total. The van der Waals surface area contributed by atoms with Gasteiger partial charge in [0, 0.05) is 22.3 Å². The number of methoxy groups -OCH3 is 2. The summed E-state index contributed by atoms with van der Waals surface area (Å²) in [6.45, 7) is 0. The number of sulfonamides is 1. The van der Waals surface area contributed by atoms with Crippen LogP contribution >= 0.6 is 11.6 Å². The van der Waals surface area contributed by atoms with Gasteiger partial charge in [-0.15, -0.1) is 0 Å². The fraction of sp³-hybridized carbons (Fsp3) is 0.0952. The number of hydrogen-bond acceptors (Lipinski definition) is 5. The third-order valence-corrected chi connectivity index (χ3v) is 5.78. The third kappa shape index (κ3) is 5.03. The molecule has 2 N–H and O–H groups in total. The number of ether oxygens (including phenoxy) is 2. The van der Waals surface area contributed by atoms with Gasteiger partial charge in [-0.05, 0) is 54.6 Å². The molecule has 0 heterocycles. The molecule has 0 saturated carbocycles. The first-order chi connectivity index (χ1) is 14.3. The van der Waals surface area contributed by atoms with Crippen LogP contribution in [0.1, 0.15) is 10.4 Å². The summed E-state index contributed by atoms with van der Waals surface area (Å²) < 4.78 is 38.3. The molecule has 0 unspecified atom stereocenters. The highest BCUT2D eigenvalue weighted by atomic mass is 35.5. The SMILES string of the molecule is COc1ccc(OC)c(NS(=O)(=O)c2ccc(NC(=O)c3cccc(Cl)c3)cc2)c1. The Kier molecular flexibility index (Phi) is 6.49. The van der Waals surface area contributed by atoms with E-state index in [4.69, 9.17) is 21.1 Å². The molecule has 3 aromatic rings. The van der Waals surface area contributed by atoms with Crippen LogP contribution in [0.5, 0.6) is 11.5 Å². The molecule has 0 aliphatic rings. The Balaban J connectivity index is 1.77. The molecule has 3 rings (SSSR count). The number of anilines is 2. The van der Waals surface area contributed by atoms with E-state index < -0.39 is 10.0 Å². The normalized spacial score (nSPS) is 10.9. The maximum Gasteiger partial charge on any atom is 0.262 e. The number of halogens is 1. The average molecular weight is 447 g/mol. The standard InChI is InChI=1S/C21H19ClN2O5S/c1-28-17-8-11-20(29-2)19(13-17)24-30(26,27)18-9-6-16(7-10-18)23-21(25)14-4-3-5-15(22)12-14/h3-13,24H,1-2H3,(H,23,25). The first-order valence-corrected chi connectivity index (χ1v) is 10.6. The van der Waals surface area contributed by atoms with E-state index in [9.17, 15) is 13.2 Å². The quantitative estimate of drug-likeness (QED) is 0.560. The Bertz CT molecular complexity index is 1160. The van der Waals surface area contributed by atoms with Crippen LogP contribution < -0.4 is 19.5 Å². The lowest BCUT2D eigenvalue weighted by molar-refractivity contribution is 0.102. The number of benzene rings is 3. The molecule has 0 bridgehead atoms. The number of carbonyl (C=O) groups excluding carboxylic acids is 1. The van der Waals surface area contributed by atoms with Crippen LogP contribution in [0.2, 0.25) is 5.02 Å². The second-order valence-electron chi connectivity index (χ2n) is 6.16. The molecule has 0 aromatic heterocycles. The lowest BCUT2D eigenvalue weighted by Crippen LogP contribution is -2.14. The first-order valence-electron chi connectivity index (χ1n) is 8.74. The Hall–Kier alpha value is -3.23. The van der Waals surface area contributed by atoms with Gasteiger partial charge in [0.05, 0.1) is 24.8 Å². The van der Waals surface area contributed by atoms with E-state index in [2.05, 4.69) is 10.0 Å². The molecule has 0 saturated heterocycles. The number of amides is 1. The van der Waals surface area contributed by atoms with Crippen molar-refractivity contribution in [2.45, 2.75) is 4.90 Å². The van der Waals surface area contributed by atoms with Crippen LogP contribution in [-0.2, 0) is 10.0 Å². The lowest BCUT2D eigenvalue weighted by Gasteiger charge is -2.13. The fourth-order valence-electron chi connectivity index (χ4n) is 2.65. The molecule has 0 radical (unpaired) electrons. The molecule has 0 aliphatic heterocycles. The molecule has 0 aliphatic carbocycles. The molecular formula is C21H19ClN2O5S. The van der Waals surface area contributed by atoms with Crippen molar-refractivity contribution in [3.8, 4) is 11.5 Å². The van der Waals surface area contributed by atoms with Gasteiger partial charge >= 0.3 is 0 Å². The first kappa shape index (κ1) is 21.5. The van der Waals surface area contributed by atoms with Gasteiger partial charge < -0.3 is 14.8 Å². The van der Waals surface area contributed by atoms with E-state index in [1.165, 1.54) is 44.6 Å². The fourth-order valence-corrected chi connectivity index (χ4v) is 3.90. The number of nitrogens with one attached hydrogen (secondary N) is 2. The maximum absolute atomic E-state index is 12.8. The van der Waals surface area contributed by atoms with Gasteiger partial charge in [-0.2, -0.15) is 0 Å². The molecule has 0 spiro atoms. The Morgan fingerprint density at radius 2 is 1.67 bits per heavy atom. The number of carbonyl (C=O) groups is 1. The van der Waals surface area contributed by atoms with Crippen LogP contribution in [0, 0.1) is 0 Å². The Morgan fingerprint density at radius 1 is 0.933 bits per heavy atom. The van der Waals surface area contributed by atoms with Gasteiger partial charge in [-0.1, -0.05) is 17.7 Å². The summed E-state index contributed by atoms with van der Waals surface area (Å²) in [5, 5.41) is 3.15. The molecule has 0 atom stereocenters. The van der Waals surface area contributed by atoms with E-state index in [0.717, 1.165) is 0 Å². The Morgan fingerprint density at radius 3 is 2.30 bits per heavy atom. The van der Waals surface area contributed by atoms with E-state index >= 15 is 0 Å². The molecule has 3 aromatic carbocycles. The van der Waals surface area contributed by atoms with E-state index in [1.807, 2.05) is 0 Å². The number of hydrogen-bond donors (Lipinski definition) is 2. The average Bonchev–Trinajstić information content (AvgIpc) is 2.73. The van der Waals surface area contributed by atoms with Crippen LogP contribution in [0.4, 0.5) is 11.4 Å². The Labute approximate surface area is 179 Å². The van der Waals surface area contributed by atoms with Crippen molar-refractivity contribution in [3.63, 3.8) is 0 Å². The highest BCUT2D eigenvalue weighted by Crippen LogP contribution is 2.31. The largest absolute Gasteiger partial charge is 0.497 e. The van der Waals surface area contributed by atoms with Crippen LogP contribution in [0.25, 0.3) is 0 Å². The molecule has 9 heteroatoms. The monoisotopic (exact) mass is 446 g/mol. The minimum Gasteiger partial charge on any atom is -0.497 e. The van der Waals surface area contributed by atoms with Crippen molar-refractivity contribution >= 4 is 38.9 Å². The van der Waals surface area contributed by atoms with Gasteiger partial charge in [0.1, 0.15) is 11.5 Å². The van der Waals surface area contributed by atoms with Crippen LogP contribution in [0.3, 0.4) is 0 Å². The summed E-state index contributed by atoms with van der Waals surface area (Å²) in [7, 11) is -0.966. The van der Waals surface area contributed by atoms with E-state index in [-0.39, 0.29) is 16.5 Å². The highest BCUT2D eigenvalue weighted by Gasteiger charge is 2.17. The summed E-state index contributed by atoms with van der Waals surface area (Å²) in [6.07, 6.45) is 0. The van der Waals surface area contributed by atoms with Crippen molar-refractivity contribution in [2.75, 3.05) is 24.3 Å². The summed E-state index contributed by atoms with van der Waals surface area (Å²) >= 11 is 5.90. The smallest absolute Gasteiger partial charge is 0.262 e. The summed E-state index contributed by atoms with van der Waals surface area (Å²) in [6, 6.07) is 17.1. The van der Waals surface area contributed by atoms with Crippen LogP contribution in [0.15, 0.2) is 71.6 Å². The molecule has 156 valence electrons. The number of rotatable bonds is 7. The topological polar surface area (TPSA) is 93.7 Å². The van der Waals surface area contributed by atoms with Gasteiger partial charge in [0.15, 0.2) is 0 Å². The van der Waals surface area contributed by atoms with Crippen molar-refractivity contribution in [3.05, 3.63) is 77.3 Å². The molecule has 0 fully saturated rings. The van der Waals surface area contributed by atoms with Crippen LogP contribution in [-0.4, -0.2) is 28.5 Å². The highest BCUT2D eigenvalue weighted by molar-refractivity contribution is 7.92. The van der Waals surface area contributed by atoms with Crippen molar-refractivity contribution in [1.29, 1.82) is 0 Å². The van der Waals surface area contributed by atoms with Gasteiger partial charge in [-0.3, -0.25) is 9.52 Å². The second-order valence-corrected chi connectivity index (χ2v) is 8.28. The van der Waals surface area contributed by atoms with Crippen molar-refractivity contribution in [2.24, 2.45) is 0 Å². The third-order valence-electron chi connectivity index (χ3n) is 4.16. The van der Waals surface area contributed by atoms with Crippen molar-refractivity contribution < 1.29 is 22.7 Å². The van der Waals surface area contributed by atoms with Gasteiger partial charge in [-0.25, -0.2) is 8.42 Å².